The monoisotopic (exact) mass is 260 g/mol. The highest BCUT2D eigenvalue weighted by molar-refractivity contribution is 9.10. The number of hydrogen-bond acceptors (Lipinski definition) is 2. The molecular formula is C10H14BrFN2. The van der Waals surface area contributed by atoms with Gasteiger partial charge in [0.1, 0.15) is 5.82 Å². The molecule has 0 aliphatic heterocycles. The van der Waals surface area contributed by atoms with Crippen LogP contribution < -0.4 is 11.1 Å². The Labute approximate surface area is 91.8 Å². The van der Waals surface area contributed by atoms with E-state index in [1.165, 1.54) is 6.07 Å². The van der Waals surface area contributed by atoms with Crippen molar-refractivity contribution < 1.29 is 4.39 Å². The third kappa shape index (κ3) is 2.96. The van der Waals surface area contributed by atoms with E-state index in [2.05, 4.69) is 28.2 Å². The molecule has 0 aliphatic carbocycles. The zero-order valence-electron chi connectivity index (χ0n) is 8.06. The third-order valence-corrected chi connectivity index (χ3v) is 2.68. The number of anilines is 1. The van der Waals surface area contributed by atoms with Gasteiger partial charge in [-0.1, -0.05) is 6.92 Å². The van der Waals surface area contributed by atoms with Gasteiger partial charge in [0, 0.05) is 18.3 Å². The first-order chi connectivity index (χ1) is 6.67. The fourth-order valence-corrected chi connectivity index (χ4v) is 1.53. The number of nitrogens with two attached hydrogens (primary N) is 1. The second-order valence-electron chi connectivity index (χ2n) is 3.11. The van der Waals surface area contributed by atoms with E-state index in [9.17, 15) is 4.39 Å². The average molecular weight is 261 g/mol. The van der Waals surface area contributed by atoms with Crippen molar-refractivity contribution in [3.63, 3.8) is 0 Å². The van der Waals surface area contributed by atoms with E-state index >= 15 is 0 Å². The zero-order valence-corrected chi connectivity index (χ0v) is 9.64. The molecule has 0 amide bonds. The zero-order chi connectivity index (χ0) is 10.6. The molecule has 0 spiro atoms. The summed E-state index contributed by atoms with van der Waals surface area (Å²) in [7, 11) is 0. The molecule has 0 saturated heterocycles. The first-order valence-corrected chi connectivity index (χ1v) is 5.38. The molecule has 1 unspecified atom stereocenters. The Bertz CT molecular complexity index is 300. The summed E-state index contributed by atoms with van der Waals surface area (Å²) in [6, 6.07) is 5.09. The van der Waals surface area contributed by atoms with Crippen molar-refractivity contribution in [3.05, 3.63) is 28.5 Å². The fourth-order valence-electron chi connectivity index (χ4n) is 1.15. The molecule has 4 heteroatoms. The molecule has 0 radical (unpaired) electrons. The second kappa shape index (κ2) is 5.32. The fraction of sp³-hybridized carbons (Fsp3) is 0.400. The molecule has 0 fully saturated rings. The summed E-state index contributed by atoms with van der Waals surface area (Å²) in [4.78, 5) is 0. The van der Waals surface area contributed by atoms with Crippen LogP contribution in [0, 0.1) is 5.82 Å². The van der Waals surface area contributed by atoms with Crippen LogP contribution in [0.3, 0.4) is 0 Å². The van der Waals surface area contributed by atoms with Crippen LogP contribution in [0.15, 0.2) is 22.7 Å². The van der Waals surface area contributed by atoms with E-state index in [1.54, 1.807) is 12.1 Å². The smallest absolute Gasteiger partial charge is 0.137 e. The number of benzene rings is 1. The SMILES string of the molecule is CCC(CN)Nc1ccc(F)c(Br)c1. The topological polar surface area (TPSA) is 38.0 Å². The standard InChI is InChI=1S/C10H14BrFN2/c1-2-7(6-13)14-8-3-4-10(12)9(11)5-8/h3-5,7,14H,2,6,13H2,1H3. The molecule has 0 aliphatic rings. The van der Waals surface area contributed by atoms with E-state index in [-0.39, 0.29) is 11.9 Å². The molecule has 3 N–H and O–H groups in total. The molecule has 0 bridgehead atoms. The second-order valence-corrected chi connectivity index (χ2v) is 3.97. The number of hydrogen-bond donors (Lipinski definition) is 2. The van der Waals surface area contributed by atoms with Gasteiger partial charge in [-0.25, -0.2) is 4.39 Å². The van der Waals surface area contributed by atoms with Gasteiger partial charge in [-0.2, -0.15) is 0 Å². The molecule has 14 heavy (non-hydrogen) atoms. The first-order valence-electron chi connectivity index (χ1n) is 4.59. The maximum absolute atomic E-state index is 12.9. The van der Waals surface area contributed by atoms with Crippen LogP contribution in [0.5, 0.6) is 0 Å². The summed E-state index contributed by atoms with van der Waals surface area (Å²) in [5, 5.41) is 3.22. The maximum Gasteiger partial charge on any atom is 0.137 e. The van der Waals surface area contributed by atoms with Crippen molar-refractivity contribution in [2.24, 2.45) is 5.73 Å². The van der Waals surface area contributed by atoms with Crippen LogP contribution >= 0.6 is 15.9 Å². The van der Waals surface area contributed by atoms with Crippen LogP contribution in [0.1, 0.15) is 13.3 Å². The van der Waals surface area contributed by atoms with Crippen molar-refractivity contribution in [1.82, 2.24) is 0 Å². The minimum atomic E-state index is -0.253. The lowest BCUT2D eigenvalue weighted by atomic mass is 10.2. The summed E-state index contributed by atoms with van der Waals surface area (Å²) < 4.78 is 13.4. The van der Waals surface area contributed by atoms with Gasteiger partial charge < -0.3 is 11.1 Å². The molecule has 1 aromatic rings. The quantitative estimate of drug-likeness (QED) is 0.874. The molecule has 0 saturated carbocycles. The molecule has 1 rings (SSSR count). The molecule has 1 aromatic carbocycles. The normalized spacial score (nSPS) is 12.6. The average Bonchev–Trinajstić information content (AvgIpc) is 2.19. The van der Waals surface area contributed by atoms with Gasteiger partial charge in [-0.05, 0) is 40.5 Å². The van der Waals surface area contributed by atoms with Gasteiger partial charge >= 0.3 is 0 Å². The Balaban J connectivity index is 2.72. The summed E-state index contributed by atoms with van der Waals surface area (Å²) in [6.07, 6.45) is 0.950. The first kappa shape index (κ1) is 11.5. The summed E-state index contributed by atoms with van der Waals surface area (Å²) in [6.45, 7) is 2.63. The number of nitrogens with one attached hydrogen (secondary N) is 1. The molecule has 0 heterocycles. The van der Waals surface area contributed by atoms with Crippen molar-refractivity contribution >= 4 is 21.6 Å². The van der Waals surface area contributed by atoms with E-state index in [4.69, 9.17) is 5.73 Å². The van der Waals surface area contributed by atoms with Gasteiger partial charge in [0.25, 0.3) is 0 Å². The lowest BCUT2D eigenvalue weighted by Crippen LogP contribution is -2.27. The van der Waals surface area contributed by atoms with E-state index < -0.39 is 0 Å². The summed E-state index contributed by atoms with van der Waals surface area (Å²) in [5.41, 5.74) is 6.44. The number of rotatable bonds is 4. The summed E-state index contributed by atoms with van der Waals surface area (Å²) >= 11 is 3.13. The molecular weight excluding hydrogens is 247 g/mol. The Morgan fingerprint density at radius 1 is 1.57 bits per heavy atom. The highest BCUT2D eigenvalue weighted by Gasteiger charge is 2.05. The Morgan fingerprint density at radius 2 is 2.29 bits per heavy atom. The predicted octanol–water partition coefficient (Wildman–Crippen LogP) is 2.74. The molecule has 1 atom stereocenters. The minimum absolute atomic E-state index is 0.243. The van der Waals surface area contributed by atoms with E-state index in [0.717, 1.165) is 12.1 Å². The van der Waals surface area contributed by atoms with Crippen LogP contribution in [0.25, 0.3) is 0 Å². The van der Waals surface area contributed by atoms with Crippen molar-refractivity contribution in [1.29, 1.82) is 0 Å². The van der Waals surface area contributed by atoms with Crippen LogP contribution in [-0.2, 0) is 0 Å². The Morgan fingerprint density at radius 3 is 2.79 bits per heavy atom. The highest BCUT2D eigenvalue weighted by atomic mass is 79.9. The van der Waals surface area contributed by atoms with Crippen molar-refractivity contribution in [2.45, 2.75) is 19.4 Å². The van der Waals surface area contributed by atoms with Crippen LogP contribution in [0.2, 0.25) is 0 Å². The molecule has 78 valence electrons. The Hall–Kier alpha value is -0.610. The van der Waals surface area contributed by atoms with Crippen LogP contribution in [-0.4, -0.2) is 12.6 Å². The number of halogens is 2. The molecule has 2 nitrogen and oxygen atoms in total. The lowest BCUT2D eigenvalue weighted by molar-refractivity contribution is 0.621. The van der Waals surface area contributed by atoms with Gasteiger partial charge in [0.2, 0.25) is 0 Å². The van der Waals surface area contributed by atoms with Gasteiger partial charge in [0.05, 0.1) is 4.47 Å². The van der Waals surface area contributed by atoms with Gasteiger partial charge in [-0.15, -0.1) is 0 Å². The van der Waals surface area contributed by atoms with Crippen molar-refractivity contribution in [3.8, 4) is 0 Å². The van der Waals surface area contributed by atoms with E-state index in [1.807, 2.05) is 0 Å². The lowest BCUT2D eigenvalue weighted by Gasteiger charge is -2.16. The van der Waals surface area contributed by atoms with E-state index in [0.29, 0.717) is 11.0 Å². The minimum Gasteiger partial charge on any atom is -0.381 e. The maximum atomic E-state index is 12.9. The van der Waals surface area contributed by atoms with Gasteiger partial charge in [0.15, 0.2) is 0 Å². The Kier molecular flexibility index (Phi) is 4.35. The van der Waals surface area contributed by atoms with Gasteiger partial charge in [-0.3, -0.25) is 0 Å². The molecule has 0 aromatic heterocycles. The van der Waals surface area contributed by atoms with Crippen molar-refractivity contribution in [2.75, 3.05) is 11.9 Å². The largest absolute Gasteiger partial charge is 0.381 e. The third-order valence-electron chi connectivity index (χ3n) is 2.07. The highest BCUT2D eigenvalue weighted by Crippen LogP contribution is 2.20. The van der Waals surface area contributed by atoms with Crippen LogP contribution in [0.4, 0.5) is 10.1 Å². The summed E-state index contributed by atoms with van der Waals surface area (Å²) in [5.74, 6) is -0.253. The predicted molar refractivity (Wildman–Crippen MR) is 60.9 cm³/mol.